The second-order valence-corrected chi connectivity index (χ2v) is 8.02. The van der Waals surface area contributed by atoms with Crippen molar-refractivity contribution in [2.45, 2.75) is 6.54 Å². The first kappa shape index (κ1) is 17.4. The molecule has 0 spiro atoms. The molecule has 2 aromatic heterocycles. The highest BCUT2D eigenvalue weighted by Gasteiger charge is 2.19. The molecule has 0 unspecified atom stereocenters. The van der Waals surface area contributed by atoms with Crippen molar-refractivity contribution in [3.8, 4) is 5.69 Å². The predicted octanol–water partition coefficient (Wildman–Crippen LogP) is 7.44. The highest BCUT2D eigenvalue weighted by atomic mass is 35.5. The lowest BCUT2D eigenvalue weighted by Crippen LogP contribution is -1.99. The van der Waals surface area contributed by atoms with Crippen LogP contribution in [0.5, 0.6) is 0 Å². The van der Waals surface area contributed by atoms with Crippen LogP contribution in [0.15, 0.2) is 103 Å². The Morgan fingerprint density at radius 1 is 0.667 bits per heavy atom. The summed E-state index contributed by atoms with van der Waals surface area (Å²) in [6.45, 7) is 0.793. The molecule has 6 rings (SSSR count). The summed E-state index contributed by atoms with van der Waals surface area (Å²) < 4.78 is 4.53. The van der Waals surface area contributed by atoms with Crippen LogP contribution in [0.3, 0.4) is 0 Å². The van der Waals surface area contributed by atoms with Crippen molar-refractivity contribution in [3.63, 3.8) is 0 Å². The number of rotatable bonds is 3. The molecule has 0 amide bonds. The Morgan fingerprint density at radius 2 is 1.37 bits per heavy atom. The number of hydrogen-bond acceptors (Lipinski definition) is 0. The number of para-hydroxylation sites is 2. The molecule has 144 valence electrons. The van der Waals surface area contributed by atoms with Crippen LogP contribution in [0.4, 0.5) is 0 Å². The molecule has 0 saturated heterocycles. The van der Waals surface area contributed by atoms with E-state index in [-0.39, 0.29) is 0 Å². The molecule has 2 heterocycles. The SMILES string of the molecule is Clc1c2c(ccn2Cc2ccccc2)cc2c3ccccc3n(-c3ccccc3)c12. The van der Waals surface area contributed by atoms with Gasteiger partial charge in [-0.25, -0.2) is 0 Å². The van der Waals surface area contributed by atoms with Crippen LogP contribution in [0.2, 0.25) is 5.02 Å². The van der Waals surface area contributed by atoms with E-state index >= 15 is 0 Å². The zero-order chi connectivity index (χ0) is 20.1. The third kappa shape index (κ3) is 2.58. The number of aromatic nitrogens is 2. The van der Waals surface area contributed by atoms with Crippen LogP contribution in [-0.2, 0) is 6.54 Å². The molecule has 0 radical (unpaired) electrons. The fourth-order valence-electron chi connectivity index (χ4n) is 4.51. The summed E-state index contributed by atoms with van der Waals surface area (Å²) in [6, 6.07) is 33.9. The highest BCUT2D eigenvalue weighted by Crippen LogP contribution is 2.40. The molecule has 0 fully saturated rings. The minimum atomic E-state index is 0.793. The monoisotopic (exact) mass is 406 g/mol. The first-order chi connectivity index (χ1) is 14.8. The van der Waals surface area contributed by atoms with Gasteiger partial charge in [-0.2, -0.15) is 0 Å². The lowest BCUT2D eigenvalue weighted by molar-refractivity contribution is 0.837. The fraction of sp³-hybridized carbons (Fsp3) is 0.0370. The van der Waals surface area contributed by atoms with Gasteiger partial charge in [0, 0.05) is 34.6 Å². The zero-order valence-corrected chi connectivity index (χ0v) is 17.1. The maximum Gasteiger partial charge on any atom is 0.0896 e. The van der Waals surface area contributed by atoms with E-state index in [1.54, 1.807) is 0 Å². The molecule has 0 bridgehead atoms. The molecule has 0 aliphatic rings. The Morgan fingerprint density at radius 3 is 2.17 bits per heavy atom. The van der Waals surface area contributed by atoms with Crippen LogP contribution in [-0.4, -0.2) is 9.13 Å². The van der Waals surface area contributed by atoms with Crippen molar-refractivity contribution in [1.29, 1.82) is 0 Å². The Labute approximate surface area is 179 Å². The molecular weight excluding hydrogens is 388 g/mol. The van der Waals surface area contributed by atoms with E-state index in [0.29, 0.717) is 0 Å². The molecule has 0 aliphatic carbocycles. The summed E-state index contributed by atoms with van der Waals surface area (Å²) >= 11 is 7.17. The van der Waals surface area contributed by atoms with Gasteiger partial charge >= 0.3 is 0 Å². The summed E-state index contributed by atoms with van der Waals surface area (Å²) in [5.74, 6) is 0. The molecule has 30 heavy (non-hydrogen) atoms. The first-order valence-corrected chi connectivity index (χ1v) is 10.5. The van der Waals surface area contributed by atoms with Gasteiger partial charge in [-0.15, -0.1) is 0 Å². The summed E-state index contributed by atoms with van der Waals surface area (Å²) in [6.07, 6.45) is 2.14. The van der Waals surface area contributed by atoms with E-state index in [4.69, 9.17) is 11.6 Å². The van der Waals surface area contributed by atoms with E-state index in [0.717, 1.165) is 28.3 Å². The molecule has 0 aliphatic heterocycles. The molecule has 2 nitrogen and oxygen atoms in total. The summed E-state index contributed by atoms with van der Waals surface area (Å²) in [7, 11) is 0. The molecule has 6 aromatic rings. The normalized spacial score (nSPS) is 11.6. The van der Waals surface area contributed by atoms with Crippen LogP contribution >= 0.6 is 11.6 Å². The van der Waals surface area contributed by atoms with Crippen LogP contribution in [0.25, 0.3) is 38.4 Å². The third-order valence-corrected chi connectivity index (χ3v) is 6.19. The Balaban J connectivity index is 1.70. The first-order valence-electron chi connectivity index (χ1n) is 10.1. The van der Waals surface area contributed by atoms with Crippen LogP contribution in [0.1, 0.15) is 5.56 Å². The van der Waals surface area contributed by atoms with Gasteiger partial charge in [0.25, 0.3) is 0 Å². The Bertz CT molecular complexity index is 1510. The van der Waals surface area contributed by atoms with Gasteiger partial charge in [-0.1, -0.05) is 78.3 Å². The van der Waals surface area contributed by atoms with Crippen molar-refractivity contribution in [2.24, 2.45) is 0 Å². The van der Waals surface area contributed by atoms with Gasteiger partial charge in [-0.05, 0) is 35.9 Å². The summed E-state index contributed by atoms with van der Waals surface area (Å²) in [4.78, 5) is 0. The maximum atomic E-state index is 7.17. The number of fused-ring (bicyclic) bond motifs is 4. The second kappa shape index (κ2) is 6.79. The maximum absolute atomic E-state index is 7.17. The Kier molecular flexibility index (Phi) is 3.93. The Hall–Kier alpha value is -3.49. The van der Waals surface area contributed by atoms with E-state index in [9.17, 15) is 0 Å². The fourth-order valence-corrected chi connectivity index (χ4v) is 4.91. The number of benzene rings is 4. The van der Waals surface area contributed by atoms with Gasteiger partial charge in [-0.3, -0.25) is 0 Å². The largest absolute Gasteiger partial charge is 0.342 e. The highest BCUT2D eigenvalue weighted by molar-refractivity contribution is 6.41. The minimum Gasteiger partial charge on any atom is -0.342 e. The van der Waals surface area contributed by atoms with Gasteiger partial charge in [0.05, 0.1) is 21.6 Å². The molecule has 0 N–H and O–H groups in total. The van der Waals surface area contributed by atoms with Crippen molar-refractivity contribution in [1.82, 2.24) is 9.13 Å². The van der Waals surface area contributed by atoms with Crippen LogP contribution < -0.4 is 0 Å². The van der Waals surface area contributed by atoms with E-state index in [1.807, 2.05) is 12.1 Å². The van der Waals surface area contributed by atoms with Crippen molar-refractivity contribution < 1.29 is 0 Å². The smallest absolute Gasteiger partial charge is 0.0896 e. The summed E-state index contributed by atoms with van der Waals surface area (Å²) in [5.41, 5.74) is 5.68. The molecular formula is C27H19ClN2. The molecule has 4 aromatic carbocycles. The van der Waals surface area contributed by atoms with E-state index < -0.39 is 0 Å². The van der Waals surface area contributed by atoms with Crippen molar-refractivity contribution >= 4 is 44.3 Å². The molecule has 0 atom stereocenters. The van der Waals surface area contributed by atoms with E-state index in [2.05, 4.69) is 100 Å². The average molecular weight is 407 g/mol. The standard InChI is InChI=1S/C27H19ClN2/c28-25-26-20(15-16-29(26)18-19-9-3-1-4-10-19)17-23-22-13-7-8-14-24(22)30(27(23)25)21-11-5-2-6-12-21/h1-17H,18H2. The number of hydrogen-bond donors (Lipinski definition) is 0. The van der Waals surface area contributed by atoms with E-state index in [1.165, 1.54) is 27.2 Å². The number of nitrogens with zero attached hydrogens (tertiary/aromatic N) is 2. The van der Waals surface area contributed by atoms with Crippen molar-refractivity contribution in [3.05, 3.63) is 114 Å². The van der Waals surface area contributed by atoms with Crippen molar-refractivity contribution in [2.75, 3.05) is 0 Å². The third-order valence-electron chi connectivity index (χ3n) is 5.83. The summed E-state index contributed by atoms with van der Waals surface area (Å²) in [5, 5.41) is 4.36. The van der Waals surface area contributed by atoms with Gasteiger partial charge in [0.2, 0.25) is 0 Å². The van der Waals surface area contributed by atoms with Gasteiger partial charge in [0.15, 0.2) is 0 Å². The second-order valence-electron chi connectivity index (χ2n) is 7.64. The minimum absolute atomic E-state index is 0.793. The lowest BCUT2D eigenvalue weighted by atomic mass is 10.1. The average Bonchev–Trinajstić information content (AvgIpc) is 3.35. The lowest BCUT2D eigenvalue weighted by Gasteiger charge is -2.11. The van der Waals surface area contributed by atoms with Gasteiger partial charge < -0.3 is 9.13 Å². The zero-order valence-electron chi connectivity index (χ0n) is 16.3. The molecule has 0 saturated carbocycles. The van der Waals surface area contributed by atoms with Crippen LogP contribution in [0, 0.1) is 0 Å². The predicted molar refractivity (Wildman–Crippen MR) is 127 cm³/mol. The topological polar surface area (TPSA) is 9.86 Å². The molecule has 3 heteroatoms. The number of halogens is 1. The quantitative estimate of drug-likeness (QED) is 0.289. The van der Waals surface area contributed by atoms with Gasteiger partial charge in [0.1, 0.15) is 0 Å².